The highest BCUT2D eigenvalue weighted by Gasteiger charge is 2.26. The summed E-state index contributed by atoms with van der Waals surface area (Å²) >= 11 is 0. The number of fused-ring (bicyclic) bond motifs is 1. The lowest BCUT2D eigenvalue weighted by atomic mass is 9.79. The third-order valence-electron chi connectivity index (χ3n) is 6.11. The second kappa shape index (κ2) is 10.0. The normalized spacial score (nSPS) is 21.3. The minimum absolute atomic E-state index is 0.254. The molecule has 0 nitrogen and oxygen atoms in total. The summed E-state index contributed by atoms with van der Waals surface area (Å²) in [6, 6.07) is 11.4. The lowest BCUT2D eigenvalue weighted by Gasteiger charge is -2.27. The van der Waals surface area contributed by atoms with Crippen molar-refractivity contribution in [3.05, 3.63) is 59.4 Å². The summed E-state index contributed by atoms with van der Waals surface area (Å²) in [5, 5.41) is 1.98. The molecule has 150 valence electrons. The predicted octanol–water partition coefficient (Wildman–Crippen LogP) is 8.87. The van der Waals surface area contributed by atoms with Crippen LogP contribution in [0.4, 0.5) is 8.78 Å². The van der Waals surface area contributed by atoms with Gasteiger partial charge in [0.1, 0.15) is 5.83 Å². The van der Waals surface area contributed by atoms with E-state index in [0.717, 1.165) is 42.0 Å². The molecule has 1 fully saturated rings. The molecule has 0 aliphatic heterocycles. The molecular weight excluding hydrogens is 350 g/mol. The number of halogens is 2. The molecule has 1 aliphatic carbocycles. The van der Waals surface area contributed by atoms with Crippen molar-refractivity contribution < 1.29 is 8.78 Å². The first-order chi connectivity index (χ1) is 13.6. The Morgan fingerprint density at radius 2 is 1.68 bits per heavy atom. The maximum absolute atomic E-state index is 14.9. The van der Waals surface area contributed by atoms with Gasteiger partial charge >= 0.3 is 0 Å². The van der Waals surface area contributed by atoms with E-state index in [1.54, 1.807) is 12.1 Å². The molecule has 2 aromatic carbocycles. The van der Waals surface area contributed by atoms with Gasteiger partial charge in [0.15, 0.2) is 5.83 Å². The summed E-state index contributed by atoms with van der Waals surface area (Å²) in [6.07, 6.45) is 12.7. The van der Waals surface area contributed by atoms with Crippen molar-refractivity contribution in [1.29, 1.82) is 0 Å². The van der Waals surface area contributed by atoms with E-state index in [2.05, 4.69) is 13.0 Å². The first-order valence-corrected chi connectivity index (χ1v) is 10.8. The average Bonchev–Trinajstić information content (AvgIpc) is 2.73. The second-order valence-corrected chi connectivity index (χ2v) is 8.20. The van der Waals surface area contributed by atoms with Gasteiger partial charge in [-0.1, -0.05) is 69.0 Å². The highest BCUT2D eigenvalue weighted by Crippen LogP contribution is 2.39. The predicted molar refractivity (Wildman–Crippen MR) is 117 cm³/mol. The van der Waals surface area contributed by atoms with Crippen LogP contribution in [0.15, 0.2) is 48.3 Å². The van der Waals surface area contributed by atoms with Crippen molar-refractivity contribution in [3.8, 4) is 0 Å². The number of benzene rings is 2. The number of allylic oxidation sites excluding steroid dienone is 2. The fourth-order valence-corrected chi connectivity index (χ4v) is 4.40. The van der Waals surface area contributed by atoms with Crippen LogP contribution in [0.2, 0.25) is 0 Å². The average molecular weight is 383 g/mol. The molecule has 0 radical (unpaired) electrons. The molecule has 1 aliphatic rings. The highest BCUT2D eigenvalue weighted by molar-refractivity contribution is 5.87. The number of rotatable bonds is 7. The van der Waals surface area contributed by atoms with Gasteiger partial charge in [-0.3, -0.25) is 0 Å². The summed E-state index contributed by atoms with van der Waals surface area (Å²) < 4.78 is 29.7. The van der Waals surface area contributed by atoms with Gasteiger partial charge < -0.3 is 0 Å². The van der Waals surface area contributed by atoms with Gasteiger partial charge in [0.2, 0.25) is 0 Å². The Labute approximate surface area is 168 Å². The molecule has 0 aromatic heterocycles. The van der Waals surface area contributed by atoms with Gasteiger partial charge in [0, 0.05) is 11.5 Å². The maximum atomic E-state index is 14.9. The minimum atomic E-state index is -0.672. The van der Waals surface area contributed by atoms with Crippen molar-refractivity contribution in [2.75, 3.05) is 0 Å². The number of hydrogen-bond acceptors (Lipinski definition) is 0. The minimum Gasteiger partial charge on any atom is -0.208 e. The molecule has 0 heterocycles. The Balaban J connectivity index is 1.70. The Morgan fingerprint density at radius 3 is 2.39 bits per heavy atom. The van der Waals surface area contributed by atoms with E-state index in [-0.39, 0.29) is 5.92 Å². The zero-order valence-corrected chi connectivity index (χ0v) is 17.2. The topological polar surface area (TPSA) is 0 Å². The SMILES string of the molecule is C/C=C/c1ccc2cc(C(F)=C(F)C3CCC(CCCCC)CC3)ccc2c1. The van der Waals surface area contributed by atoms with Gasteiger partial charge in [-0.25, -0.2) is 8.78 Å². The second-order valence-electron chi connectivity index (χ2n) is 8.20. The smallest absolute Gasteiger partial charge is 0.162 e. The van der Waals surface area contributed by atoms with E-state index in [1.807, 2.05) is 37.3 Å². The summed E-state index contributed by atoms with van der Waals surface area (Å²) in [4.78, 5) is 0. The highest BCUT2D eigenvalue weighted by atomic mass is 19.2. The Hall–Kier alpha value is -1.96. The van der Waals surface area contributed by atoms with Crippen LogP contribution in [-0.2, 0) is 0 Å². The van der Waals surface area contributed by atoms with Crippen molar-refractivity contribution in [2.45, 2.75) is 65.2 Å². The van der Waals surface area contributed by atoms with Gasteiger partial charge in [-0.05, 0) is 67.0 Å². The fraction of sp³-hybridized carbons (Fsp3) is 0.462. The molecule has 0 N–H and O–H groups in total. The lowest BCUT2D eigenvalue weighted by Crippen LogP contribution is -2.15. The Morgan fingerprint density at radius 1 is 0.964 bits per heavy atom. The van der Waals surface area contributed by atoms with Crippen molar-refractivity contribution in [1.82, 2.24) is 0 Å². The quantitative estimate of drug-likeness (QED) is 0.419. The van der Waals surface area contributed by atoms with Crippen LogP contribution in [0, 0.1) is 11.8 Å². The molecule has 2 aromatic rings. The van der Waals surface area contributed by atoms with Crippen LogP contribution >= 0.6 is 0 Å². The standard InChI is InChI=1S/C26H32F2/c1-3-5-6-8-19-9-12-21(13-10-19)25(27)26(28)24-16-15-22-17-20(7-4-2)11-14-23(22)18-24/h4,7,11,14-19,21H,3,5-6,8-10,12-13H2,1-2H3/b7-4+,26-25?. The molecule has 1 saturated carbocycles. The molecule has 3 rings (SSSR count). The van der Waals surface area contributed by atoms with Crippen LogP contribution in [0.5, 0.6) is 0 Å². The monoisotopic (exact) mass is 382 g/mol. The van der Waals surface area contributed by atoms with E-state index in [9.17, 15) is 8.78 Å². The summed E-state index contributed by atoms with van der Waals surface area (Å²) in [5.74, 6) is -0.772. The van der Waals surface area contributed by atoms with Crippen LogP contribution in [0.1, 0.15) is 76.3 Å². The van der Waals surface area contributed by atoms with Gasteiger partial charge in [0.05, 0.1) is 0 Å². The van der Waals surface area contributed by atoms with Crippen molar-refractivity contribution in [3.63, 3.8) is 0 Å². The van der Waals surface area contributed by atoms with Crippen LogP contribution in [0.3, 0.4) is 0 Å². The fourth-order valence-electron chi connectivity index (χ4n) is 4.40. The van der Waals surface area contributed by atoms with Crippen molar-refractivity contribution >= 4 is 22.7 Å². The molecule has 0 atom stereocenters. The number of hydrogen-bond donors (Lipinski definition) is 0. The van der Waals surface area contributed by atoms with E-state index in [4.69, 9.17) is 0 Å². The molecule has 0 saturated heterocycles. The first kappa shape index (κ1) is 20.8. The largest absolute Gasteiger partial charge is 0.208 e. The van der Waals surface area contributed by atoms with Gasteiger partial charge in [-0.2, -0.15) is 0 Å². The summed E-state index contributed by atoms with van der Waals surface area (Å²) in [5.41, 5.74) is 1.47. The first-order valence-electron chi connectivity index (χ1n) is 10.8. The van der Waals surface area contributed by atoms with E-state index < -0.39 is 11.7 Å². The van der Waals surface area contributed by atoms with E-state index in [0.29, 0.717) is 11.5 Å². The van der Waals surface area contributed by atoms with Crippen LogP contribution in [-0.4, -0.2) is 0 Å². The molecular formula is C26H32F2. The van der Waals surface area contributed by atoms with E-state index >= 15 is 0 Å². The zero-order valence-electron chi connectivity index (χ0n) is 17.2. The summed E-state index contributed by atoms with van der Waals surface area (Å²) in [6.45, 7) is 4.20. The van der Waals surface area contributed by atoms with Crippen LogP contribution < -0.4 is 0 Å². The van der Waals surface area contributed by atoms with Crippen LogP contribution in [0.25, 0.3) is 22.7 Å². The Bertz CT molecular complexity index is 839. The molecule has 2 heteroatoms. The Kier molecular flexibility index (Phi) is 7.42. The van der Waals surface area contributed by atoms with Gasteiger partial charge in [-0.15, -0.1) is 0 Å². The summed E-state index contributed by atoms with van der Waals surface area (Å²) in [7, 11) is 0. The van der Waals surface area contributed by atoms with Gasteiger partial charge in [0.25, 0.3) is 0 Å². The molecule has 28 heavy (non-hydrogen) atoms. The lowest BCUT2D eigenvalue weighted by molar-refractivity contribution is 0.258. The molecule has 0 unspecified atom stereocenters. The molecule has 0 bridgehead atoms. The molecule has 0 amide bonds. The van der Waals surface area contributed by atoms with Crippen molar-refractivity contribution in [2.24, 2.45) is 11.8 Å². The maximum Gasteiger partial charge on any atom is 0.162 e. The zero-order chi connectivity index (χ0) is 19.9. The third kappa shape index (κ3) is 5.10. The third-order valence-corrected chi connectivity index (χ3v) is 6.11. The number of unbranched alkanes of at least 4 members (excludes halogenated alkanes) is 2. The van der Waals surface area contributed by atoms with E-state index in [1.165, 1.54) is 25.7 Å². The molecule has 0 spiro atoms.